The monoisotopic (exact) mass is 232 g/mol. The van der Waals surface area contributed by atoms with Crippen LogP contribution in [-0.4, -0.2) is 19.2 Å². The number of aromatic nitrogens is 1. The van der Waals surface area contributed by atoms with E-state index in [2.05, 4.69) is 4.98 Å². The largest absolute Gasteiger partial charge is 0.493 e. The molecule has 0 fully saturated rings. The molecule has 0 aliphatic heterocycles. The highest BCUT2D eigenvalue weighted by molar-refractivity contribution is 5.98. The zero-order valence-electron chi connectivity index (χ0n) is 10.5. The van der Waals surface area contributed by atoms with Gasteiger partial charge in [0.05, 0.1) is 30.8 Å². The van der Waals surface area contributed by atoms with Crippen LogP contribution in [0.2, 0.25) is 0 Å². The van der Waals surface area contributed by atoms with E-state index in [0.29, 0.717) is 17.2 Å². The minimum absolute atomic E-state index is 0.601. The summed E-state index contributed by atoms with van der Waals surface area (Å²) in [6.45, 7) is 3.96. The predicted octanol–water partition coefficient (Wildman–Crippen LogP) is 2.45. The Labute approximate surface area is 100 Å². The van der Waals surface area contributed by atoms with Crippen molar-refractivity contribution in [2.45, 2.75) is 13.8 Å². The molecule has 4 heteroatoms. The molecule has 0 bridgehead atoms. The lowest BCUT2D eigenvalue weighted by molar-refractivity contribution is 0.358. The quantitative estimate of drug-likeness (QED) is 0.808. The molecule has 0 saturated heterocycles. The van der Waals surface area contributed by atoms with Gasteiger partial charge in [-0.3, -0.25) is 4.98 Å². The van der Waals surface area contributed by atoms with E-state index in [9.17, 15) is 0 Å². The number of rotatable bonds is 2. The topological polar surface area (TPSA) is 57.4 Å². The molecule has 0 aliphatic rings. The third kappa shape index (κ3) is 1.75. The minimum Gasteiger partial charge on any atom is -0.493 e. The first kappa shape index (κ1) is 11.5. The number of nitrogen functional groups attached to an aromatic ring is 1. The normalized spacial score (nSPS) is 10.6. The highest BCUT2D eigenvalue weighted by Gasteiger charge is 2.15. The first-order chi connectivity index (χ1) is 8.08. The van der Waals surface area contributed by atoms with E-state index in [1.807, 2.05) is 19.9 Å². The third-order valence-electron chi connectivity index (χ3n) is 2.78. The SMILES string of the molecule is COc1cc(N)c2nc(C)cc(C)c2c1OC. The first-order valence-corrected chi connectivity index (χ1v) is 5.37. The van der Waals surface area contributed by atoms with Crippen molar-refractivity contribution in [3.63, 3.8) is 0 Å². The number of benzene rings is 1. The smallest absolute Gasteiger partial charge is 0.170 e. The van der Waals surface area contributed by atoms with Crippen LogP contribution in [0.15, 0.2) is 12.1 Å². The first-order valence-electron chi connectivity index (χ1n) is 5.37. The maximum absolute atomic E-state index is 6.00. The van der Waals surface area contributed by atoms with Gasteiger partial charge in [-0.05, 0) is 25.5 Å². The Kier molecular flexibility index (Phi) is 2.79. The second-order valence-electron chi connectivity index (χ2n) is 4.01. The third-order valence-corrected chi connectivity index (χ3v) is 2.78. The van der Waals surface area contributed by atoms with Gasteiger partial charge in [-0.2, -0.15) is 0 Å². The summed E-state index contributed by atoms with van der Waals surface area (Å²) in [6, 6.07) is 3.75. The van der Waals surface area contributed by atoms with E-state index in [-0.39, 0.29) is 0 Å². The summed E-state index contributed by atoms with van der Waals surface area (Å²) in [5.74, 6) is 1.31. The maximum Gasteiger partial charge on any atom is 0.170 e. The molecule has 4 nitrogen and oxygen atoms in total. The van der Waals surface area contributed by atoms with Crippen LogP contribution in [0.3, 0.4) is 0 Å². The average Bonchev–Trinajstić information content (AvgIpc) is 2.29. The van der Waals surface area contributed by atoms with Crippen LogP contribution in [0.4, 0.5) is 5.69 Å². The molecule has 17 heavy (non-hydrogen) atoms. The van der Waals surface area contributed by atoms with Gasteiger partial charge in [0.25, 0.3) is 0 Å². The molecule has 0 spiro atoms. The molecule has 2 rings (SSSR count). The zero-order valence-corrected chi connectivity index (χ0v) is 10.5. The molecule has 0 saturated carbocycles. The summed E-state index contributed by atoms with van der Waals surface area (Å²) in [5.41, 5.74) is 9.38. The van der Waals surface area contributed by atoms with Crippen LogP contribution >= 0.6 is 0 Å². The summed E-state index contributed by atoms with van der Waals surface area (Å²) in [7, 11) is 3.22. The molecule has 0 atom stereocenters. The van der Waals surface area contributed by atoms with E-state index >= 15 is 0 Å². The number of aryl methyl sites for hydroxylation is 2. The van der Waals surface area contributed by atoms with E-state index in [4.69, 9.17) is 15.2 Å². The van der Waals surface area contributed by atoms with Gasteiger partial charge < -0.3 is 15.2 Å². The molecule has 0 radical (unpaired) electrons. The number of fused-ring (bicyclic) bond motifs is 1. The second-order valence-corrected chi connectivity index (χ2v) is 4.01. The van der Waals surface area contributed by atoms with Gasteiger partial charge in [0.15, 0.2) is 11.5 Å². The van der Waals surface area contributed by atoms with Gasteiger partial charge in [0.1, 0.15) is 0 Å². The number of hydrogen-bond donors (Lipinski definition) is 1. The van der Waals surface area contributed by atoms with Crippen molar-refractivity contribution in [2.24, 2.45) is 0 Å². The fraction of sp³-hybridized carbons (Fsp3) is 0.308. The van der Waals surface area contributed by atoms with Crippen LogP contribution in [0.1, 0.15) is 11.3 Å². The minimum atomic E-state index is 0.601. The van der Waals surface area contributed by atoms with Gasteiger partial charge in [0.2, 0.25) is 0 Å². The number of hydrogen-bond acceptors (Lipinski definition) is 4. The van der Waals surface area contributed by atoms with Crippen LogP contribution < -0.4 is 15.2 Å². The number of ether oxygens (including phenoxy) is 2. The maximum atomic E-state index is 6.00. The van der Waals surface area contributed by atoms with E-state index in [1.165, 1.54) is 0 Å². The van der Waals surface area contributed by atoms with Crippen molar-refractivity contribution in [3.8, 4) is 11.5 Å². The molecule has 0 aliphatic carbocycles. The number of nitrogens with two attached hydrogens (primary N) is 1. The Hall–Kier alpha value is -1.97. The van der Waals surface area contributed by atoms with Gasteiger partial charge in [0, 0.05) is 11.8 Å². The van der Waals surface area contributed by atoms with Crippen molar-refractivity contribution in [1.82, 2.24) is 4.98 Å². The lowest BCUT2D eigenvalue weighted by atomic mass is 10.1. The summed E-state index contributed by atoms with van der Waals surface area (Å²) < 4.78 is 10.7. The fourth-order valence-corrected chi connectivity index (χ4v) is 2.08. The van der Waals surface area contributed by atoms with Crippen molar-refractivity contribution >= 4 is 16.6 Å². The molecule has 1 heterocycles. The summed E-state index contributed by atoms with van der Waals surface area (Å²) >= 11 is 0. The lowest BCUT2D eigenvalue weighted by Gasteiger charge is -2.14. The lowest BCUT2D eigenvalue weighted by Crippen LogP contribution is -1.99. The highest BCUT2D eigenvalue weighted by atomic mass is 16.5. The number of anilines is 1. The van der Waals surface area contributed by atoms with Gasteiger partial charge in [-0.25, -0.2) is 0 Å². The standard InChI is InChI=1S/C13H16N2O2/c1-7-5-8(2)15-12-9(14)6-10(16-3)13(17-4)11(7)12/h5-6H,14H2,1-4H3. The zero-order chi connectivity index (χ0) is 12.6. The van der Waals surface area contributed by atoms with Gasteiger partial charge >= 0.3 is 0 Å². The summed E-state index contributed by atoms with van der Waals surface area (Å²) in [6.07, 6.45) is 0. The molecule has 1 aromatic heterocycles. The Bertz CT molecular complexity index is 579. The van der Waals surface area contributed by atoms with Crippen molar-refractivity contribution < 1.29 is 9.47 Å². The molecule has 90 valence electrons. The van der Waals surface area contributed by atoms with Crippen LogP contribution in [0.25, 0.3) is 10.9 Å². The van der Waals surface area contributed by atoms with Gasteiger partial charge in [-0.15, -0.1) is 0 Å². The number of methoxy groups -OCH3 is 2. The Morgan fingerprint density at radius 1 is 1.12 bits per heavy atom. The number of nitrogens with zero attached hydrogens (tertiary/aromatic N) is 1. The molecule has 0 unspecified atom stereocenters. The molecular weight excluding hydrogens is 216 g/mol. The van der Waals surface area contributed by atoms with Crippen LogP contribution in [0, 0.1) is 13.8 Å². The fourth-order valence-electron chi connectivity index (χ4n) is 2.08. The summed E-state index contributed by atoms with van der Waals surface area (Å²) in [5, 5.41) is 0.912. The van der Waals surface area contributed by atoms with Gasteiger partial charge in [-0.1, -0.05) is 0 Å². The Morgan fingerprint density at radius 3 is 2.41 bits per heavy atom. The molecule has 2 aromatic rings. The molecular formula is C13H16N2O2. The molecule has 0 amide bonds. The summed E-state index contributed by atoms with van der Waals surface area (Å²) in [4.78, 5) is 4.46. The Balaban J connectivity index is 2.95. The highest BCUT2D eigenvalue weighted by Crippen LogP contribution is 2.39. The van der Waals surface area contributed by atoms with Crippen molar-refractivity contribution in [1.29, 1.82) is 0 Å². The van der Waals surface area contributed by atoms with Crippen molar-refractivity contribution in [3.05, 3.63) is 23.4 Å². The molecule has 2 N–H and O–H groups in total. The van der Waals surface area contributed by atoms with E-state index in [1.54, 1.807) is 20.3 Å². The second kappa shape index (κ2) is 4.13. The molecule has 1 aromatic carbocycles. The van der Waals surface area contributed by atoms with Crippen molar-refractivity contribution in [2.75, 3.05) is 20.0 Å². The Morgan fingerprint density at radius 2 is 1.82 bits per heavy atom. The average molecular weight is 232 g/mol. The number of pyridine rings is 1. The van der Waals surface area contributed by atoms with Crippen LogP contribution in [0.5, 0.6) is 11.5 Å². The van der Waals surface area contributed by atoms with E-state index in [0.717, 1.165) is 22.2 Å². The van der Waals surface area contributed by atoms with Crippen LogP contribution in [-0.2, 0) is 0 Å². The van der Waals surface area contributed by atoms with E-state index < -0.39 is 0 Å². The predicted molar refractivity (Wildman–Crippen MR) is 68.7 cm³/mol.